The lowest BCUT2D eigenvalue weighted by Gasteiger charge is -2.05. The lowest BCUT2D eigenvalue weighted by Crippen LogP contribution is -2.35. The maximum Gasteiger partial charge on any atom is 0.259 e. The fourth-order valence-electron chi connectivity index (χ4n) is 1.67. The maximum atomic E-state index is 12.0. The van der Waals surface area contributed by atoms with Gasteiger partial charge in [0.05, 0.1) is 18.3 Å². The molecule has 2 aromatic rings. The van der Waals surface area contributed by atoms with Crippen LogP contribution in [0.2, 0.25) is 5.02 Å². The second-order valence-corrected chi connectivity index (χ2v) is 6.11. The highest BCUT2D eigenvalue weighted by Crippen LogP contribution is 2.10. The minimum Gasteiger partial charge on any atom is -0.343 e. The van der Waals surface area contributed by atoms with E-state index in [4.69, 9.17) is 11.6 Å². The molecule has 0 aliphatic rings. The van der Waals surface area contributed by atoms with Crippen LogP contribution in [0.5, 0.6) is 0 Å². The van der Waals surface area contributed by atoms with Gasteiger partial charge < -0.3 is 5.32 Å². The van der Waals surface area contributed by atoms with Crippen LogP contribution in [0.15, 0.2) is 53.6 Å². The molecule has 118 valence electrons. The number of carbonyl (C=O) groups is 2. The molecule has 0 unspecified atom stereocenters. The van der Waals surface area contributed by atoms with Crippen LogP contribution >= 0.6 is 34.2 Å². The third-order valence-electron chi connectivity index (χ3n) is 2.80. The Hall–Kier alpha value is -1.93. The van der Waals surface area contributed by atoms with Gasteiger partial charge in [-0.05, 0) is 52.4 Å². The van der Waals surface area contributed by atoms with Crippen LogP contribution in [-0.4, -0.2) is 24.6 Å². The Morgan fingerprint density at radius 2 is 1.83 bits per heavy atom. The summed E-state index contributed by atoms with van der Waals surface area (Å²) in [6.45, 7) is -0.151. The van der Waals surface area contributed by atoms with Gasteiger partial charge in [0.2, 0.25) is 0 Å². The summed E-state index contributed by atoms with van der Waals surface area (Å²) in [6.07, 6.45) is 1.50. The van der Waals surface area contributed by atoms with Gasteiger partial charge in [0.1, 0.15) is 0 Å². The predicted molar refractivity (Wildman–Crippen MR) is 98.7 cm³/mol. The van der Waals surface area contributed by atoms with Gasteiger partial charge in [0.25, 0.3) is 11.8 Å². The molecule has 0 radical (unpaired) electrons. The Labute approximate surface area is 152 Å². The molecule has 23 heavy (non-hydrogen) atoms. The first-order valence-corrected chi connectivity index (χ1v) is 8.12. The Morgan fingerprint density at radius 3 is 2.52 bits per heavy atom. The molecule has 0 spiro atoms. The predicted octanol–water partition coefficient (Wildman–Crippen LogP) is 2.82. The number of halogens is 2. The van der Waals surface area contributed by atoms with Crippen LogP contribution in [0.3, 0.4) is 0 Å². The van der Waals surface area contributed by atoms with Gasteiger partial charge in [-0.25, -0.2) is 5.43 Å². The summed E-state index contributed by atoms with van der Waals surface area (Å²) in [5.74, 6) is -0.707. The van der Waals surface area contributed by atoms with Gasteiger partial charge in [-0.1, -0.05) is 35.9 Å². The SMILES string of the molecule is O=C(CNC(=O)c1ccccc1I)N/N=C/c1ccc(Cl)cc1. The molecule has 0 bridgehead atoms. The standard InChI is InChI=1S/C16H13ClIN3O2/c17-12-7-5-11(6-8-12)9-20-21-15(22)10-19-16(23)13-3-1-2-4-14(13)18/h1-9H,10H2,(H,19,23)(H,21,22)/b20-9+. The Bertz CT molecular complexity index is 732. The average molecular weight is 442 g/mol. The van der Waals surface area contributed by atoms with Gasteiger partial charge in [-0.15, -0.1) is 0 Å². The molecular weight excluding hydrogens is 429 g/mol. The summed E-state index contributed by atoms with van der Waals surface area (Å²) >= 11 is 7.84. The lowest BCUT2D eigenvalue weighted by atomic mass is 10.2. The molecule has 7 heteroatoms. The zero-order valence-corrected chi connectivity index (χ0v) is 14.8. The summed E-state index contributed by atoms with van der Waals surface area (Å²) in [7, 11) is 0. The van der Waals surface area contributed by atoms with Crippen molar-refractivity contribution in [1.82, 2.24) is 10.7 Å². The van der Waals surface area contributed by atoms with E-state index in [9.17, 15) is 9.59 Å². The molecule has 0 heterocycles. The second-order valence-electron chi connectivity index (χ2n) is 4.51. The molecule has 0 aliphatic heterocycles. The quantitative estimate of drug-likeness (QED) is 0.426. The van der Waals surface area contributed by atoms with Crippen molar-refractivity contribution in [1.29, 1.82) is 0 Å². The smallest absolute Gasteiger partial charge is 0.259 e. The molecule has 0 aromatic heterocycles. The van der Waals surface area contributed by atoms with Crippen molar-refractivity contribution in [2.24, 2.45) is 5.10 Å². The van der Waals surface area contributed by atoms with Crippen LogP contribution in [0.25, 0.3) is 0 Å². The third-order valence-corrected chi connectivity index (χ3v) is 3.99. The molecule has 0 fully saturated rings. The summed E-state index contributed by atoms with van der Waals surface area (Å²) in [6, 6.07) is 14.1. The van der Waals surface area contributed by atoms with E-state index < -0.39 is 5.91 Å². The number of hydrazone groups is 1. The third kappa shape index (κ3) is 5.65. The van der Waals surface area contributed by atoms with E-state index in [1.807, 2.05) is 12.1 Å². The van der Waals surface area contributed by atoms with E-state index in [2.05, 4.69) is 38.4 Å². The molecule has 0 saturated carbocycles. The van der Waals surface area contributed by atoms with E-state index in [1.165, 1.54) is 6.21 Å². The number of rotatable bonds is 5. The fourth-order valence-corrected chi connectivity index (χ4v) is 2.43. The highest BCUT2D eigenvalue weighted by molar-refractivity contribution is 14.1. The molecule has 0 atom stereocenters. The van der Waals surface area contributed by atoms with Crippen molar-refractivity contribution >= 4 is 52.2 Å². The van der Waals surface area contributed by atoms with Gasteiger partial charge in [0, 0.05) is 8.59 Å². The van der Waals surface area contributed by atoms with Crippen molar-refractivity contribution in [3.05, 3.63) is 68.3 Å². The molecule has 0 saturated heterocycles. The van der Waals surface area contributed by atoms with E-state index in [1.54, 1.807) is 36.4 Å². The minimum absolute atomic E-state index is 0.151. The molecular formula is C16H13ClIN3O2. The number of benzene rings is 2. The minimum atomic E-state index is -0.408. The van der Waals surface area contributed by atoms with Crippen molar-refractivity contribution in [3.8, 4) is 0 Å². The molecule has 2 rings (SSSR count). The van der Waals surface area contributed by atoms with E-state index >= 15 is 0 Å². The van der Waals surface area contributed by atoms with Crippen molar-refractivity contribution < 1.29 is 9.59 Å². The summed E-state index contributed by atoms with van der Waals surface area (Å²) in [5, 5.41) is 7.00. The molecule has 0 aliphatic carbocycles. The number of nitrogens with one attached hydrogen (secondary N) is 2. The van der Waals surface area contributed by atoms with E-state index in [0.29, 0.717) is 10.6 Å². The number of amides is 2. The first kappa shape index (κ1) is 17.4. The topological polar surface area (TPSA) is 70.6 Å². The van der Waals surface area contributed by atoms with Gasteiger partial charge in [-0.3, -0.25) is 9.59 Å². The molecule has 2 N–H and O–H groups in total. The highest BCUT2D eigenvalue weighted by atomic mass is 127. The fraction of sp³-hybridized carbons (Fsp3) is 0.0625. The number of nitrogens with zero attached hydrogens (tertiary/aromatic N) is 1. The number of hydrogen-bond acceptors (Lipinski definition) is 3. The summed E-state index contributed by atoms with van der Waals surface area (Å²) in [5.41, 5.74) is 3.68. The Balaban J connectivity index is 1.80. The largest absolute Gasteiger partial charge is 0.343 e. The monoisotopic (exact) mass is 441 g/mol. The van der Waals surface area contributed by atoms with Crippen LogP contribution in [-0.2, 0) is 4.79 Å². The normalized spacial score (nSPS) is 10.5. The van der Waals surface area contributed by atoms with Crippen molar-refractivity contribution in [2.75, 3.05) is 6.54 Å². The van der Waals surface area contributed by atoms with Gasteiger partial charge in [-0.2, -0.15) is 5.10 Å². The first-order valence-electron chi connectivity index (χ1n) is 6.66. The zero-order valence-electron chi connectivity index (χ0n) is 11.9. The van der Waals surface area contributed by atoms with E-state index in [-0.39, 0.29) is 12.5 Å². The Morgan fingerprint density at radius 1 is 1.13 bits per heavy atom. The van der Waals surface area contributed by atoms with Gasteiger partial charge >= 0.3 is 0 Å². The molecule has 2 aromatic carbocycles. The molecule has 2 amide bonds. The number of hydrogen-bond donors (Lipinski definition) is 2. The first-order chi connectivity index (χ1) is 11.1. The average Bonchev–Trinajstić information content (AvgIpc) is 2.55. The number of carbonyl (C=O) groups excluding carboxylic acids is 2. The van der Waals surface area contributed by atoms with Crippen LogP contribution in [0, 0.1) is 3.57 Å². The lowest BCUT2D eigenvalue weighted by molar-refractivity contribution is -0.120. The van der Waals surface area contributed by atoms with Crippen LogP contribution < -0.4 is 10.7 Å². The highest BCUT2D eigenvalue weighted by Gasteiger charge is 2.10. The van der Waals surface area contributed by atoms with E-state index in [0.717, 1.165) is 9.13 Å². The molecule has 5 nitrogen and oxygen atoms in total. The second kappa shape index (κ2) is 8.64. The zero-order chi connectivity index (χ0) is 16.7. The maximum absolute atomic E-state index is 12.0. The Kier molecular flexibility index (Phi) is 6.54. The van der Waals surface area contributed by atoms with Crippen LogP contribution in [0.1, 0.15) is 15.9 Å². The van der Waals surface area contributed by atoms with Crippen molar-refractivity contribution in [2.45, 2.75) is 0 Å². The van der Waals surface area contributed by atoms with Crippen molar-refractivity contribution in [3.63, 3.8) is 0 Å². The summed E-state index contributed by atoms with van der Waals surface area (Å²) < 4.78 is 0.823. The van der Waals surface area contributed by atoms with Crippen LogP contribution in [0.4, 0.5) is 0 Å². The van der Waals surface area contributed by atoms with Gasteiger partial charge in [0.15, 0.2) is 0 Å². The summed E-state index contributed by atoms with van der Waals surface area (Å²) in [4.78, 5) is 23.6.